The van der Waals surface area contributed by atoms with Crippen molar-refractivity contribution < 1.29 is 13.6 Å². The average molecular weight is 247 g/mol. The summed E-state index contributed by atoms with van der Waals surface area (Å²) in [7, 11) is 0. The number of hydrogen-bond donors (Lipinski definition) is 1. The molecular weight excluding hydrogens is 236 g/mol. The molecule has 0 atom stereocenters. The Kier molecular flexibility index (Phi) is 3.67. The standard InChI is InChI=1S/C14H11F2NO/c15-12-8-4-7-11(14(12)16)13(18)9-17-10-5-2-1-3-6-10/h1-8,17H,9H2. The fourth-order valence-electron chi connectivity index (χ4n) is 1.55. The van der Waals surface area contributed by atoms with Crippen molar-refractivity contribution in [3.8, 4) is 0 Å². The summed E-state index contributed by atoms with van der Waals surface area (Å²) < 4.78 is 26.3. The Bertz CT molecular complexity index is 555. The van der Waals surface area contributed by atoms with Gasteiger partial charge in [-0.05, 0) is 24.3 Å². The number of para-hydroxylation sites is 1. The maximum absolute atomic E-state index is 13.4. The number of anilines is 1. The lowest BCUT2D eigenvalue weighted by Crippen LogP contribution is -2.15. The van der Waals surface area contributed by atoms with Crippen LogP contribution in [0.4, 0.5) is 14.5 Å². The monoisotopic (exact) mass is 247 g/mol. The molecule has 2 aromatic carbocycles. The van der Waals surface area contributed by atoms with Gasteiger partial charge in [0.15, 0.2) is 17.4 Å². The Morgan fingerprint density at radius 2 is 1.72 bits per heavy atom. The van der Waals surface area contributed by atoms with Gasteiger partial charge in [0, 0.05) is 5.69 Å². The van der Waals surface area contributed by atoms with Gasteiger partial charge in [-0.3, -0.25) is 4.79 Å². The van der Waals surface area contributed by atoms with Crippen molar-refractivity contribution in [1.82, 2.24) is 0 Å². The van der Waals surface area contributed by atoms with Crippen molar-refractivity contribution in [1.29, 1.82) is 0 Å². The van der Waals surface area contributed by atoms with Crippen molar-refractivity contribution in [2.45, 2.75) is 0 Å². The van der Waals surface area contributed by atoms with E-state index in [2.05, 4.69) is 5.32 Å². The number of carbonyl (C=O) groups is 1. The van der Waals surface area contributed by atoms with Crippen LogP contribution in [0, 0.1) is 11.6 Å². The van der Waals surface area contributed by atoms with Gasteiger partial charge in [0.05, 0.1) is 12.1 Å². The van der Waals surface area contributed by atoms with Crippen LogP contribution in [0.15, 0.2) is 48.5 Å². The number of halogens is 2. The normalized spacial score (nSPS) is 10.1. The summed E-state index contributed by atoms with van der Waals surface area (Å²) >= 11 is 0. The van der Waals surface area contributed by atoms with E-state index in [1.807, 2.05) is 18.2 Å². The smallest absolute Gasteiger partial charge is 0.184 e. The second kappa shape index (κ2) is 5.40. The predicted octanol–water partition coefficient (Wildman–Crippen LogP) is 3.26. The first-order chi connectivity index (χ1) is 8.68. The summed E-state index contributed by atoms with van der Waals surface area (Å²) in [5.74, 6) is -2.60. The minimum absolute atomic E-state index is 0.0790. The highest BCUT2D eigenvalue weighted by molar-refractivity contribution is 5.99. The number of benzene rings is 2. The minimum atomic E-state index is -1.10. The summed E-state index contributed by atoms with van der Waals surface area (Å²) in [5, 5.41) is 2.85. The van der Waals surface area contributed by atoms with Crippen LogP contribution in [0.1, 0.15) is 10.4 Å². The number of Topliss-reactive ketones (excluding diaryl/α,β-unsaturated/α-hetero) is 1. The van der Waals surface area contributed by atoms with E-state index < -0.39 is 17.4 Å². The summed E-state index contributed by atoms with van der Waals surface area (Å²) in [4.78, 5) is 11.7. The van der Waals surface area contributed by atoms with E-state index in [9.17, 15) is 13.6 Å². The summed E-state index contributed by atoms with van der Waals surface area (Å²) in [6, 6.07) is 12.6. The summed E-state index contributed by atoms with van der Waals surface area (Å²) in [5.41, 5.74) is 0.515. The zero-order chi connectivity index (χ0) is 13.0. The van der Waals surface area contributed by atoms with Gasteiger partial charge in [0.2, 0.25) is 0 Å². The van der Waals surface area contributed by atoms with Crippen LogP contribution in [0.3, 0.4) is 0 Å². The van der Waals surface area contributed by atoms with E-state index in [1.165, 1.54) is 12.1 Å². The van der Waals surface area contributed by atoms with E-state index in [0.717, 1.165) is 11.8 Å². The SMILES string of the molecule is O=C(CNc1ccccc1)c1cccc(F)c1F. The van der Waals surface area contributed by atoms with Crippen LogP contribution in [0.25, 0.3) is 0 Å². The van der Waals surface area contributed by atoms with Crippen molar-refractivity contribution in [2.75, 3.05) is 11.9 Å². The molecule has 2 rings (SSSR count). The van der Waals surface area contributed by atoms with E-state index in [1.54, 1.807) is 12.1 Å². The van der Waals surface area contributed by atoms with E-state index >= 15 is 0 Å². The number of hydrogen-bond acceptors (Lipinski definition) is 2. The first kappa shape index (κ1) is 12.2. The van der Waals surface area contributed by atoms with Crippen LogP contribution < -0.4 is 5.32 Å². The highest BCUT2D eigenvalue weighted by atomic mass is 19.2. The molecular formula is C14H11F2NO. The zero-order valence-corrected chi connectivity index (χ0v) is 9.49. The van der Waals surface area contributed by atoms with Gasteiger partial charge in [-0.2, -0.15) is 0 Å². The number of nitrogens with one attached hydrogen (secondary N) is 1. The van der Waals surface area contributed by atoms with E-state index in [4.69, 9.17) is 0 Å². The molecule has 92 valence electrons. The molecule has 0 saturated carbocycles. The van der Waals surface area contributed by atoms with E-state index in [0.29, 0.717) is 0 Å². The molecule has 0 aliphatic heterocycles. The first-order valence-electron chi connectivity index (χ1n) is 5.44. The molecule has 0 aliphatic carbocycles. The van der Waals surface area contributed by atoms with Gasteiger partial charge in [-0.15, -0.1) is 0 Å². The van der Waals surface area contributed by atoms with Crippen LogP contribution >= 0.6 is 0 Å². The van der Waals surface area contributed by atoms with Crippen LogP contribution in [-0.2, 0) is 0 Å². The predicted molar refractivity (Wildman–Crippen MR) is 65.6 cm³/mol. The maximum Gasteiger partial charge on any atom is 0.184 e. The number of rotatable bonds is 4. The van der Waals surface area contributed by atoms with Crippen LogP contribution in [0.5, 0.6) is 0 Å². The summed E-state index contributed by atoms with van der Waals surface area (Å²) in [6.07, 6.45) is 0. The molecule has 0 fully saturated rings. The third kappa shape index (κ3) is 2.71. The molecule has 0 radical (unpaired) electrons. The number of carbonyl (C=O) groups excluding carboxylic acids is 1. The van der Waals surface area contributed by atoms with Crippen molar-refractivity contribution in [3.05, 3.63) is 65.7 Å². The maximum atomic E-state index is 13.4. The molecule has 0 amide bonds. The molecule has 0 aromatic heterocycles. The van der Waals surface area contributed by atoms with Gasteiger partial charge >= 0.3 is 0 Å². The molecule has 0 spiro atoms. The molecule has 0 unspecified atom stereocenters. The Hall–Kier alpha value is -2.23. The van der Waals surface area contributed by atoms with Crippen molar-refractivity contribution in [2.24, 2.45) is 0 Å². The first-order valence-corrected chi connectivity index (χ1v) is 5.44. The molecule has 2 aromatic rings. The average Bonchev–Trinajstić information content (AvgIpc) is 2.40. The Morgan fingerprint density at radius 3 is 2.44 bits per heavy atom. The molecule has 0 heterocycles. The Labute approximate surface area is 103 Å². The Morgan fingerprint density at radius 1 is 1.00 bits per heavy atom. The van der Waals surface area contributed by atoms with Gasteiger partial charge in [0.25, 0.3) is 0 Å². The van der Waals surface area contributed by atoms with Gasteiger partial charge < -0.3 is 5.32 Å². The topological polar surface area (TPSA) is 29.1 Å². The molecule has 0 saturated heterocycles. The molecule has 2 nitrogen and oxygen atoms in total. The highest BCUT2D eigenvalue weighted by Crippen LogP contribution is 2.12. The largest absolute Gasteiger partial charge is 0.378 e. The third-order valence-electron chi connectivity index (χ3n) is 2.48. The highest BCUT2D eigenvalue weighted by Gasteiger charge is 2.14. The fraction of sp³-hybridized carbons (Fsp3) is 0.0714. The van der Waals surface area contributed by atoms with Crippen molar-refractivity contribution >= 4 is 11.5 Å². The lowest BCUT2D eigenvalue weighted by atomic mass is 10.1. The van der Waals surface area contributed by atoms with Crippen LogP contribution in [0.2, 0.25) is 0 Å². The lowest BCUT2D eigenvalue weighted by molar-refractivity contribution is 0.100. The molecule has 0 bridgehead atoms. The van der Waals surface area contributed by atoms with Crippen molar-refractivity contribution in [3.63, 3.8) is 0 Å². The third-order valence-corrected chi connectivity index (χ3v) is 2.48. The quantitative estimate of drug-likeness (QED) is 0.840. The molecule has 4 heteroatoms. The molecule has 18 heavy (non-hydrogen) atoms. The van der Waals surface area contributed by atoms with Gasteiger partial charge in [-0.25, -0.2) is 8.78 Å². The minimum Gasteiger partial charge on any atom is -0.378 e. The Balaban J connectivity index is 2.07. The fourth-order valence-corrected chi connectivity index (χ4v) is 1.55. The van der Waals surface area contributed by atoms with E-state index in [-0.39, 0.29) is 12.1 Å². The second-order valence-electron chi connectivity index (χ2n) is 3.74. The number of ketones is 1. The second-order valence-corrected chi connectivity index (χ2v) is 3.74. The lowest BCUT2D eigenvalue weighted by Gasteiger charge is -2.06. The summed E-state index contributed by atoms with van der Waals surface area (Å²) in [6.45, 7) is -0.0790. The molecule has 0 aliphatic rings. The molecule has 1 N–H and O–H groups in total. The zero-order valence-electron chi connectivity index (χ0n) is 9.49. The van der Waals surface area contributed by atoms with Gasteiger partial charge in [-0.1, -0.05) is 24.3 Å². The van der Waals surface area contributed by atoms with Gasteiger partial charge in [0.1, 0.15) is 0 Å². The van der Waals surface area contributed by atoms with Crippen LogP contribution in [-0.4, -0.2) is 12.3 Å².